The van der Waals surface area contributed by atoms with Gasteiger partial charge in [0.15, 0.2) is 0 Å². The van der Waals surface area contributed by atoms with E-state index < -0.39 is 0 Å². The minimum absolute atomic E-state index is 0.627. The summed E-state index contributed by atoms with van der Waals surface area (Å²) in [5.41, 5.74) is 2.81. The van der Waals surface area contributed by atoms with Gasteiger partial charge in [0.1, 0.15) is 5.15 Å². The smallest absolute Gasteiger partial charge is 0.235 e. The first-order valence-electron chi connectivity index (χ1n) is 5.32. The van der Waals surface area contributed by atoms with E-state index in [1.54, 1.807) is 4.40 Å². The van der Waals surface area contributed by atoms with E-state index in [2.05, 4.69) is 9.97 Å². The second-order valence-electron chi connectivity index (χ2n) is 3.88. The third kappa shape index (κ3) is 1.78. The van der Waals surface area contributed by atoms with Crippen LogP contribution >= 0.6 is 11.6 Å². The van der Waals surface area contributed by atoms with E-state index in [-0.39, 0.29) is 0 Å². The van der Waals surface area contributed by atoms with Crippen molar-refractivity contribution in [2.75, 3.05) is 0 Å². The first kappa shape index (κ1) is 10.3. The summed E-state index contributed by atoms with van der Waals surface area (Å²) in [6.07, 6.45) is 1.90. The molecule has 0 unspecified atom stereocenters. The van der Waals surface area contributed by atoms with Gasteiger partial charge in [-0.15, -0.1) is 0 Å². The Morgan fingerprint density at radius 2 is 1.88 bits per heavy atom. The van der Waals surface area contributed by atoms with Crippen LogP contribution in [-0.2, 0) is 0 Å². The lowest BCUT2D eigenvalue weighted by atomic mass is 10.2. The Hall–Kier alpha value is -1.87. The number of nitrogens with zero attached hydrogens (tertiary/aromatic N) is 3. The lowest BCUT2D eigenvalue weighted by molar-refractivity contribution is 1.07. The second kappa shape index (κ2) is 3.86. The first-order chi connectivity index (χ1) is 8.24. The van der Waals surface area contributed by atoms with Crippen LogP contribution < -0.4 is 0 Å². The number of hydrogen-bond acceptors (Lipinski definition) is 2. The molecule has 3 nitrogen and oxygen atoms in total. The lowest BCUT2D eigenvalue weighted by Crippen LogP contribution is -1.91. The van der Waals surface area contributed by atoms with Crippen LogP contribution in [0.4, 0.5) is 0 Å². The normalized spacial score (nSPS) is 10.9. The maximum absolute atomic E-state index is 6.15. The Labute approximate surface area is 104 Å². The van der Waals surface area contributed by atoms with Gasteiger partial charge < -0.3 is 0 Å². The fourth-order valence-corrected chi connectivity index (χ4v) is 2.07. The van der Waals surface area contributed by atoms with Gasteiger partial charge in [-0.3, -0.25) is 4.40 Å². The number of hydrogen-bond donors (Lipinski definition) is 0. The minimum Gasteiger partial charge on any atom is -0.273 e. The van der Waals surface area contributed by atoms with Gasteiger partial charge in [0.2, 0.25) is 5.78 Å². The molecule has 0 aliphatic rings. The zero-order valence-electron chi connectivity index (χ0n) is 9.26. The first-order valence-corrected chi connectivity index (χ1v) is 5.69. The molecule has 0 aliphatic heterocycles. The van der Waals surface area contributed by atoms with Crippen molar-refractivity contribution >= 4 is 17.4 Å². The second-order valence-corrected chi connectivity index (χ2v) is 4.27. The number of imidazole rings is 1. The van der Waals surface area contributed by atoms with Gasteiger partial charge in [-0.1, -0.05) is 41.9 Å². The number of aromatic nitrogens is 3. The molecule has 0 amide bonds. The molecule has 0 aliphatic carbocycles. The summed E-state index contributed by atoms with van der Waals surface area (Å²) in [5, 5.41) is 0.627. The average molecular weight is 244 g/mol. The maximum Gasteiger partial charge on any atom is 0.235 e. The van der Waals surface area contributed by atoms with Gasteiger partial charge in [-0.2, -0.15) is 0 Å². The number of benzene rings is 1. The fourth-order valence-electron chi connectivity index (χ4n) is 1.79. The largest absolute Gasteiger partial charge is 0.273 e. The summed E-state index contributed by atoms with van der Waals surface area (Å²) >= 11 is 6.15. The topological polar surface area (TPSA) is 30.2 Å². The third-order valence-corrected chi connectivity index (χ3v) is 2.88. The zero-order chi connectivity index (χ0) is 11.8. The summed E-state index contributed by atoms with van der Waals surface area (Å²) in [6, 6.07) is 11.8. The molecule has 0 radical (unpaired) electrons. The SMILES string of the molecule is Cc1cc(Cl)n2cc(-c3ccccc3)nc2n1. The summed E-state index contributed by atoms with van der Waals surface area (Å²) < 4.78 is 1.79. The third-order valence-electron chi connectivity index (χ3n) is 2.59. The lowest BCUT2D eigenvalue weighted by Gasteiger charge is -1.96. The van der Waals surface area contributed by atoms with Crippen molar-refractivity contribution in [3.05, 3.63) is 53.4 Å². The molecule has 1 aromatic carbocycles. The van der Waals surface area contributed by atoms with E-state index in [4.69, 9.17) is 11.6 Å². The molecule has 4 heteroatoms. The van der Waals surface area contributed by atoms with E-state index in [0.29, 0.717) is 10.9 Å². The van der Waals surface area contributed by atoms with Crippen LogP contribution in [0.25, 0.3) is 17.0 Å². The van der Waals surface area contributed by atoms with Crippen LogP contribution in [0.15, 0.2) is 42.6 Å². The van der Waals surface area contributed by atoms with E-state index in [1.165, 1.54) is 0 Å². The molecule has 0 bridgehead atoms. The maximum atomic E-state index is 6.15. The molecule has 84 valence electrons. The number of fused-ring (bicyclic) bond motifs is 1. The summed E-state index contributed by atoms with van der Waals surface area (Å²) in [7, 11) is 0. The van der Waals surface area contributed by atoms with Crippen LogP contribution in [0.2, 0.25) is 5.15 Å². The molecule has 3 aromatic rings. The molecule has 0 saturated carbocycles. The van der Waals surface area contributed by atoms with Crippen LogP contribution in [0.3, 0.4) is 0 Å². The Morgan fingerprint density at radius 3 is 2.65 bits per heavy atom. The van der Waals surface area contributed by atoms with Crippen molar-refractivity contribution in [3.8, 4) is 11.3 Å². The number of halogens is 1. The predicted molar refractivity (Wildman–Crippen MR) is 68.2 cm³/mol. The van der Waals surface area contributed by atoms with E-state index in [1.807, 2.05) is 49.5 Å². The Kier molecular flexibility index (Phi) is 2.34. The summed E-state index contributed by atoms with van der Waals surface area (Å²) in [6.45, 7) is 1.91. The van der Waals surface area contributed by atoms with Crippen molar-refractivity contribution < 1.29 is 0 Å². The molecule has 0 fully saturated rings. The van der Waals surface area contributed by atoms with Gasteiger partial charge in [0.05, 0.1) is 5.69 Å². The summed E-state index contributed by atoms with van der Waals surface area (Å²) in [5.74, 6) is 0.633. The molecular formula is C13H10ClN3. The van der Waals surface area contributed by atoms with Crippen molar-refractivity contribution in [2.45, 2.75) is 6.92 Å². The van der Waals surface area contributed by atoms with Gasteiger partial charge in [-0.25, -0.2) is 9.97 Å². The fraction of sp³-hybridized carbons (Fsp3) is 0.0769. The Morgan fingerprint density at radius 1 is 1.12 bits per heavy atom. The minimum atomic E-state index is 0.627. The number of rotatable bonds is 1. The highest BCUT2D eigenvalue weighted by atomic mass is 35.5. The van der Waals surface area contributed by atoms with Gasteiger partial charge >= 0.3 is 0 Å². The molecule has 3 rings (SSSR count). The molecule has 0 N–H and O–H groups in total. The van der Waals surface area contributed by atoms with E-state index >= 15 is 0 Å². The molecule has 0 saturated heterocycles. The molecule has 2 aromatic heterocycles. The summed E-state index contributed by atoms with van der Waals surface area (Å²) in [4.78, 5) is 8.82. The van der Waals surface area contributed by atoms with Crippen LogP contribution in [0.1, 0.15) is 5.69 Å². The van der Waals surface area contributed by atoms with E-state index in [9.17, 15) is 0 Å². The van der Waals surface area contributed by atoms with Crippen LogP contribution in [0, 0.1) is 6.92 Å². The van der Waals surface area contributed by atoms with Crippen molar-refractivity contribution in [1.29, 1.82) is 0 Å². The standard InChI is InChI=1S/C13H10ClN3/c1-9-7-12(14)17-8-11(16-13(17)15-9)10-5-3-2-4-6-10/h2-8H,1H3. The van der Waals surface area contributed by atoms with E-state index in [0.717, 1.165) is 17.0 Å². The highest BCUT2D eigenvalue weighted by Crippen LogP contribution is 2.21. The average Bonchev–Trinajstić information content (AvgIpc) is 2.74. The predicted octanol–water partition coefficient (Wildman–Crippen LogP) is 3.36. The zero-order valence-corrected chi connectivity index (χ0v) is 10.0. The monoisotopic (exact) mass is 243 g/mol. The van der Waals surface area contributed by atoms with Crippen LogP contribution in [-0.4, -0.2) is 14.4 Å². The van der Waals surface area contributed by atoms with Crippen molar-refractivity contribution in [2.24, 2.45) is 0 Å². The Balaban J connectivity index is 2.24. The highest BCUT2D eigenvalue weighted by molar-refractivity contribution is 6.29. The van der Waals surface area contributed by atoms with Crippen molar-refractivity contribution in [3.63, 3.8) is 0 Å². The van der Waals surface area contributed by atoms with Gasteiger partial charge in [0.25, 0.3) is 0 Å². The molecular weight excluding hydrogens is 234 g/mol. The van der Waals surface area contributed by atoms with Gasteiger partial charge in [0, 0.05) is 17.5 Å². The molecule has 0 atom stereocenters. The molecule has 0 spiro atoms. The van der Waals surface area contributed by atoms with Crippen molar-refractivity contribution in [1.82, 2.24) is 14.4 Å². The van der Waals surface area contributed by atoms with Crippen LogP contribution in [0.5, 0.6) is 0 Å². The molecule has 2 heterocycles. The van der Waals surface area contributed by atoms with Gasteiger partial charge in [-0.05, 0) is 13.0 Å². The Bertz CT molecular complexity index is 674. The highest BCUT2D eigenvalue weighted by Gasteiger charge is 2.07. The number of aryl methyl sites for hydroxylation is 1. The quantitative estimate of drug-likeness (QED) is 0.614. The molecule has 17 heavy (non-hydrogen) atoms.